The van der Waals surface area contributed by atoms with E-state index in [0.717, 1.165) is 72.0 Å². The normalized spacial score (nSPS) is 25.4. The second-order valence-electron chi connectivity index (χ2n) is 11.9. The van der Waals surface area contributed by atoms with Crippen LogP contribution in [0.15, 0.2) is 36.4 Å². The van der Waals surface area contributed by atoms with Gasteiger partial charge in [0.25, 0.3) is 0 Å². The summed E-state index contributed by atoms with van der Waals surface area (Å²) in [4.78, 5) is 35.0. The summed E-state index contributed by atoms with van der Waals surface area (Å²) in [7, 11) is 5.38. The molecule has 41 heavy (non-hydrogen) atoms. The molecule has 1 aromatic heterocycles. The number of aromatic nitrogens is 2. The van der Waals surface area contributed by atoms with Crippen molar-refractivity contribution in [2.24, 2.45) is 17.8 Å². The number of piperidine rings is 1. The van der Waals surface area contributed by atoms with E-state index in [1.807, 2.05) is 12.1 Å². The fourth-order valence-electron chi connectivity index (χ4n) is 7.19. The quantitative estimate of drug-likeness (QED) is 0.391. The molecule has 3 aliphatic heterocycles. The van der Waals surface area contributed by atoms with Crippen LogP contribution in [0.5, 0.6) is 6.01 Å². The van der Waals surface area contributed by atoms with Crippen molar-refractivity contribution in [2.75, 3.05) is 63.8 Å². The van der Waals surface area contributed by atoms with Gasteiger partial charge in [-0.25, -0.2) is 5.06 Å². The third-order valence-corrected chi connectivity index (χ3v) is 9.95. The summed E-state index contributed by atoms with van der Waals surface area (Å²) >= 11 is 6.70. The zero-order chi connectivity index (χ0) is 28.2. The molecule has 0 radical (unpaired) electrons. The van der Waals surface area contributed by atoms with Crippen LogP contribution < -0.4 is 14.5 Å². The number of anilines is 2. The van der Waals surface area contributed by atoms with E-state index < -0.39 is 0 Å². The largest absolute Gasteiger partial charge is 0.462 e. The van der Waals surface area contributed by atoms with Gasteiger partial charge in [0.15, 0.2) is 0 Å². The molecule has 4 heterocycles. The lowest BCUT2D eigenvalue weighted by atomic mass is 10.0. The number of amides is 1. The molecule has 0 spiro atoms. The Morgan fingerprint density at radius 3 is 2.61 bits per heavy atom. The molecule has 3 fully saturated rings. The van der Waals surface area contributed by atoms with Gasteiger partial charge < -0.3 is 19.4 Å². The topological polar surface area (TPSA) is 74.3 Å². The minimum Gasteiger partial charge on any atom is -0.462 e. The number of likely N-dealkylation sites (tertiary alicyclic amines) is 1. The van der Waals surface area contributed by atoms with Crippen molar-refractivity contribution in [1.82, 2.24) is 19.9 Å². The third-order valence-electron chi connectivity index (χ3n) is 9.63. The first-order valence-corrected chi connectivity index (χ1v) is 15.0. The lowest BCUT2D eigenvalue weighted by Gasteiger charge is -2.34. The molecule has 216 valence electrons. The second-order valence-corrected chi connectivity index (χ2v) is 12.3. The van der Waals surface area contributed by atoms with Crippen LogP contribution in [0.3, 0.4) is 0 Å². The first kappa shape index (κ1) is 26.7. The summed E-state index contributed by atoms with van der Waals surface area (Å²) in [6, 6.07) is 13.2. The molecule has 2 aromatic carbocycles. The summed E-state index contributed by atoms with van der Waals surface area (Å²) in [5.74, 6) is 1.74. The summed E-state index contributed by atoms with van der Waals surface area (Å²) in [5, 5.41) is 4.33. The van der Waals surface area contributed by atoms with Gasteiger partial charge in [-0.2, -0.15) is 9.97 Å². The van der Waals surface area contributed by atoms with Crippen LogP contribution in [-0.4, -0.2) is 85.9 Å². The van der Waals surface area contributed by atoms with Gasteiger partial charge in [-0.15, -0.1) is 0 Å². The molecule has 1 unspecified atom stereocenters. The number of carbonyl (C=O) groups is 1. The Bertz CT molecular complexity index is 1470. The first-order valence-electron chi connectivity index (χ1n) is 14.6. The van der Waals surface area contributed by atoms with Gasteiger partial charge in [-0.3, -0.25) is 9.63 Å². The number of fused-ring (bicyclic) bond motifs is 3. The first-order chi connectivity index (χ1) is 19.9. The summed E-state index contributed by atoms with van der Waals surface area (Å²) in [6.07, 6.45) is 3.15. The highest BCUT2D eigenvalue weighted by Gasteiger charge is 2.60. The van der Waals surface area contributed by atoms with Gasteiger partial charge >= 0.3 is 6.01 Å². The van der Waals surface area contributed by atoms with Crippen LogP contribution in [0.4, 0.5) is 11.5 Å². The van der Waals surface area contributed by atoms with E-state index in [9.17, 15) is 4.79 Å². The molecule has 1 amide bonds. The highest BCUT2D eigenvalue weighted by molar-refractivity contribution is 6.36. The number of benzene rings is 2. The van der Waals surface area contributed by atoms with E-state index in [4.69, 9.17) is 31.1 Å². The minimum atomic E-state index is 0.0362. The molecular weight excluding hydrogens is 540 g/mol. The molecule has 1 aliphatic carbocycles. The lowest BCUT2D eigenvalue weighted by molar-refractivity contribution is -0.171. The Hall–Kier alpha value is -3.14. The van der Waals surface area contributed by atoms with Gasteiger partial charge in [0.2, 0.25) is 5.91 Å². The zero-order valence-electron chi connectivity index (χ0n) is 23.9. The molecule has 4 aliphatic rings. The molecular formula is C31H37ClN6O3. The second kappa shape index (κ2) is 10.6. The van der Waals surface area contributed by atoms with Crippen molar-refractivity contribution in [3.63, 3.8) is 0 Å². The highest BCUT2D eigenvalue weighted by atomic mass is 35.5. The maximum absolute atomic E-state index is 12.7. The monoisotopic (exact) mass is 576 g/mol. The van der Waals surface area contributed by atoms with Crippen LogP contribution in [0.1, 0.15) is 24.1 Å². The number of hydrogen-bond acceptors (Lipinski definition) is 8. The number of nitrogens with zero attached hydrogens (tertiary/aromatic N) is 6. The molecule has 10 heteroatoms. The van der Waals surface area contributed by atoms with E-state index in [1.54, 1.807) is 7.05 Å². The van der Waals surface area contributed by atoms with Crippen LogP contribution in [0.25, 0.3) is 10.8 Å². The number of hydroxylamine groups is 2. The summed E-state index contributed by atoms with van der Waals surface area (Å²) < 4.78 is 6.29. The standard InChI is InChI=1S/C31H37ClN6O3/c1-35-13-6-9-20(35)18-41-31-33-25-17-37(26-11-5-8-19-7-4-10-24(32)27(19)26)14-12-21(25)29(34-31)38-15-22-23(16-38)28(22)30(39)36(2)40-3/h4-5,7-8,10-11,20,22-23,28H,6,9,12-18H2,1-3H3/t20-,22-,23+,28?/m0/s1. The van der Waals surface area contributed by atoms with E-state index in [-0.39, 0.29) is 11.8 Å². The van der Waals surface area contributed by atoms with E-state index >= 15 is 0 Å². The van der Waals surface area contributed by atoms with Crippen molar-refractivity contribution < 1.29 is 14.4 Å². The Morgan fingerprint density at radius 1 is 1.10 bits per heavy atom. The van der Waals surface area contributed by atoms with Gasteiger partial charge in [0.05, 0.1) is 30.3 Å². The number of rotatable bonds is 7. The number of halogens is 1. The van der Waals surface area contributed by atoms with Crippen LogP contribution in [0, 0.1) is 17.8 Å². The molecule has 7 rings (SSSR count). The predicted molar refractivity (Wildman–Crippen MR) is 159 cm³/mol. The average molecular weight is 577 g/mol. The summed E-state index contributed by atoms with van der Waals surface area (Å²) in [5.41, 5.74) is 3.32. The fraction of sp³-hybridized carbons (Fsp3) is 0.516. The van der Waals surface area contributed by atoms with Crippen molar-refractivity contribution in [3.8, 4) is 6.01 Å². The molecule has 9 nitrogen and oxygen atoms in total. The predicted octanol–water partition coefficient (Wildman–Crippen LogP) is 4.02. The SMILES string of the molecule is CON(C)C(=O)C1[C@H]2CN(c3nc(OC[C@@H]4CCCN4C)nc4c3CCN(c3cccc5cccc(Cl)c35)C4)C[C@@H]12. The van der Waals surface area contributed by atoms with Crippen LogP contribution in [0.2, 0.25) is 5.02 Å². The van der Waals surface area contributed by atoms with Gasteiger partial charge in [0.1, 0.15) is 12.4 Å². The van der Waals surface area contributed by atoms with Crippen molar-refractivity contribution in [3.05, 3.63) is 52.7 Å². The molecule has 0 N–H and O–H groups in total. The van der Waals surface area contributed by atoms with Crippen LogP contribution >= 0.6 is 11.6 Å². The average Bonchev–Trinajstić information content (AvgIpc) is 3.26. The van der Waals surface area contributed by atoms with Crippen molar-refractivity contribution in [1.29, 1.82) is 0 Å². The Morgan fingerprint density at radius 2 is 1.88 bits per heavy atom. The van der Waals surface area contributed by atoms with Crippen LogP contribution in [-0.2, 0) is 22.6 Å². The maximum Gasteiger partial charge on any atom is 0.318 e. The van der Waals surface area contributed by atoms with E-state index in [0.29, 0.717) is 37.0 Å². The summed E-state index contributed by atoms with van der Waals surface area (Å²) in [6.45, 7) is 4.83. The molecule has 2 saturated heterocycles. The lowest BCUT2D eigenvalue weighted by Crippen LogP contribution is -2.36. The van der Waals surface area contributed by atoms with E-state index in [1.165, 1.54) is 24.2 Å². The minimum absolute atomic E-state index is 0.0362. The number of hydrogen-bond donors (Lipinski definition) is 0. The highest BCUT2D eigenvalue weighted by Crippen LogP contribution is 2.53. The van der Waals surface area contributed by atoms with Gasteiger partial charge in [0, 0.05) is 49.4 Å². The Kier molecular flexibility index (Phi) is 6.92. The molecule has 1 saturated carbocycles. The van der Waals surface area contributed by atoms with Crippen molar-refractivity contribution in [2.45, 2.75) is 31.8 Å². The zero-order valence-corrected chi connectivity index (χ0v) is 24.7. The third kappa shape index (κ3) is 4.77. The fourth-order valence-corrected chi connectivity index (χ4v) is 7.46. The number of likely N-dealkylation sites (N-methyl/N-ethyl adjacent to an activating group) is 1. The Labute approximate surface area is 245 Å². The smallest absolute Gasteiger partial charge is 0.318 e. The molecule has 4 atom stereocenters. The molecule has 3 aromatic rings. The number of ether oxygens (including phenoxy) is 1. The Balaban J connectivity index is 1.18. The van der Waals surface area contributed by atoms with Gasteiger partial charge in [-0.1, -0.05) is 35.9 Å². The molecule has 0 bridgehead atoms. The van der Waals surface area contributed by atoms with E-state index in [2.05, 4.69) is 46.0 Å². The van der Waals surface area contributed by atoms with Crippen molar-refractivity contribution >= 4 is 39.8 Å². The maximum atomic E-state index is 12.7. The van der Waals surface area contributed by atoms with Gasteiger partial charge in [-0.05, 0) is 62.2 Å². The number of carbonyl (C=O) groups excluding carboxylic acids is 1.